The number of hydrogen-bond acceptors (Lipinski definition) is 3. The monoisotopic (exact) mass is 440 g/mol. The van der Waals surface area contributed by atoms with Crippen molar-refractivity contribution in [2.45, 2.75) is 97.3 Å². The van der Waals surface area contributed by atoms with Gasteiger partial charge in [0.15, 0.2) is 4.96 Å². The topological polar surface area (TPSA) is 26.5 Å². The van der Waals surface area contributed by atoms with Gasteiger partial charge in [-0.3, -0.25) is 4.40 Å². The van der Waals surface area contributed by atoms with E-state index in [2.05, 4.69) is 54.9 Å². The minimum atomic E-state index is 0.821. The maximum absolute atomic E-state index is 5.93. The van der Waals surface area contributed by atoms with Gasteiger partial charge in [0.2, 0.25) is 0 Å². The molecule has 0 unspecified atom stereocenters. The quantitative estimate of drug-likeness (QED) is 0.208. The summed E-state index contributed by atoms with van der Waals surface area (Å²) in [5.74, 6) is 0.974. The smallest absolute Gasteiger partial charge is 0.194 e. The van der Waals surface area contributed by atoms with E-state index in [1.54, 1.807) is 11.3 Å². The van der Waals surface area contributed by atoms with Crippen LogP contribution in [0.3, 0.4) is 0 Å². The highest BCUT2D eigenvalue weighted by atomic mass is 32.1. The Labute approximate surface area is 192 Å². The van der Waals surface area contributed by atoms with Crippen molar-refractivity contribution in [2.24, 2.45) is 0 Å². The zero-order chi connectivity index (χ0) is 21.7. The number of aromatic nitrogens is 2. The highest BCUT2D eigenvalue weighted by Gasteiger charge is 2.08. The van der Waals surface area contributed by atoms with E-state index in [4.69, 9.17) is 9.72 Å². The molecule has 1 aromatic carbocycles. The van der Waals surface area contributed by atoms with Crippen LogP contribution in [0.2, 0.25) is 0 Å². The third kappa shape index (κ3) is 7.99. The maximum Gasteiger partial charge on any atom is 0.194 e. The summed E-state index contributed by atoms with van der Waals surface area (Å²) in [7, 11) is 0. The van der Waals surface area contributed by atoms with Gasteiger partial charge in [0.05, 0.1) is 17.2 Å². The minimum Gasteiger partial charge on any atom is -0.494 e. The number of thiazole rings is 1. The first-order chi connectivity index (χ1) is 15.3. The Balaban J connectivity index is 1.41. The van der Waals surface area contributed by atoms with E-state index in [9.17, 15) is 0 Å². The number of hydrogen-bond donors (Lipinski definition) is 0. The summed E-state index contributed by atoms with van der Waals surface area (Å²) >= 11 is 1.77. The largest absolute Gasteiger partial charge is 0.494 e. The SMILES string of the molecule is CCCCCCCCCOc1ccc(-c2cn3cc(CCCCCCC)nc3s2)cc1. The second kappa shape index (κ2) is 13.6. The Morgan fingerprint density at radius 1 is 0.774 bits per heavy atom. The molecule has 2 heterocycles. The fourth-order valence-electron chi connectivity index (χ4n) is 3.97. The molecule has 2 aromatic heterocycles. The number of benzene rings is 1. The van der Waals surface area contributed by atoms with Gasteiger partial charge >= 0.3 is 0 Å². The molecule has 3 rings (SSSR count). The van der Waals surface area contributed by atoms with E-state index in [0.29, 0.717) is 0 Å². The lowest BCUT2D eigenvalue weighted by Gasteiger charge is -2.07. The van der Waals surface area contributed by atoms with Crippen LogP contribution in [0.1, 0.15) is 96.6 Å². The van der Waals surface area contributed by atoms with Gasteiger partial charge in [-0.25, -0.2) is 4.98 Å². The van der Waals surface area contributed by atoms with Crippen LogP contribution in [0, 0.1) is 0 Å². The first-order valence-corrected chi connectivity index (χ1v) is 13.3. The van der Waals surface area contributed by atoms with Gasteiger partial charge < -0.3 is 4.74 Å². The predicted octanol–water partition coefficient (Wildman–Crippen LogP) is 8.71. The Morgan fingerprint density at radius 3 is 2.10 bits per heavy atom. The molecule has 4 heteroatoms. The Hall–Kier alpha value is -1.81. The number of aryl methyl sites for hydroxylation is 1. The Kier molecular flexibility index (Phi) is 10.4. The van der Waals surface area contributed by atoms with Crippen molar-refractivity contribution in [3.05, 3.63) is 42.4 Å². The van der Waals surface area contributed by atoms with Gasteiger partial charge in [0.25, 0.3) is 0 Å². The standard InChI is InChI=1S/C27H40N2OS/c1-3-5-7-9-10-12-14-20-30-25-18-16-23(17-19-25)26-22-29-21-24(28-27(29)31-26)15-13-11-8-6-4-2/h16-19,21-22H,3-15,20H2,1-2H3. The van der Waals surface area contributed by atoms with Crippen LogP contribution in [-0.4, -0.2) is 16.0 Å². The lowest BCUT2D eigenvalue weighted by Crippen LogP contribution is -1.97. The summed E-state index contributed by atoms with van der Waals surface area (Å²) in [6.07, 6.45) is 21.3. The zero-order valence-electron chi connectivity index (χ0n) is 19.6. The number of ether oxygens (including phenoxy) is 1. The summed E-state index contributed by atoms with van der Waals surface area (Å²) in [6.45, 7) is 5.35. The summed E-state index contributed by atoms with van der Waals surface area (Å²) in [4.78, 5) is 7.19. The predicted molar refractivity (Wildman–Crippen MR) is 134 cm³/mol. The average molecular weight is 441 g/mol. The summed E-state index contributed by atoms with van der Waals surface area (Å²) in [5, 5.41) is 0. The molecule has 0 atom stereocenters. The molecule has 0 fully saturated rings. The van der Waals surface area contributed by atoms with Gasteiger partial charge in [0.1, 0.15) is 5.75 Å². The van der Waals surface area contributed by atoms with Gasteiger partial charge in [-0.05, 0) is 49.1 Å². The van der Waals surface area contributed by atoms with Gasteiger partial charge in [-0.15, -0.1) is 0 Å². The molecule has 0 bridgehead atoms. The molecule has 170 valence electrons. The van der Waals surface area contributed by atoms with Crippen LogP contribution in [0.15, 0.2) is 36.7 Å². The second-order valence-corrected chi connectivity index (χ2v) is 9.68. The average Bonchev–Trinajstić information content (AvgIpc) is 3.35. The molecule has 0 amide bonds. The van der Waals surface area contributed by atoms with Crippen LogP contribution in [0.4, 0.5) is 0 Å². The third-order valence-electron chi connectivity index (χ3n) is 5.90. The summed E-state index contributed by atoms with van der Waals surface area (Å²) < 4.78 is 8.12. The number of nitrogens with zero attached hydrogens (tertiary/aromatic N) is 2. The van der Waals surface area contributed by atoms with Crippen molar-refractivity contribution >= 4 is 16.3 Å². The van der Waals surface area contributed by atoms with E-state index in [1.807, 2.05) is 0 Å². The molecule has 0 saturated carbocycles. The van der Waals surface area contributed by atoms with Crippen LogP contribution in [0.5, 0.6) is 5.75 Å². The lowest BCUT2D eigenvalue weighted by molar-refractivity contribution is 0.304. The maximum atomic E-state index is 5.93. The molecule has 0 N–H and O–H groups in total. The first-order valence-electron chi connectivity index (χ1n) is 12.5. The van der Waals surface area contributed by atoms with Crippen LogP contribution in [-0.2, 0) is 6.42 Å². The van der Waals surface area contributed by atoms with Crippen LogP contribution >= 0.6 is 11.3 Å². The highest BCUT2D eigenvalue weighted by molar-refractivity contribution is 7.20. The van der Waals surface area contributed by atoms with Crippen LogP contribution < -0.4 is 4.74 Å². The molecule has 0 aliphatic rings. The minimum absolute atomic E-state index is 0.821. The van der Waals surface area contributed by atoms with Crippen LogP contribution in [0.25, 0.3) is 15.4 Å². The normalized spacial score (nSPS) is 11.4. The van der Waals surface area contributed by atoms with Gasteiger partial charge in [-0.1, -0.05) is 89.4 Å². The van der Waals surface area contributed by atoms with E-state index in [-0.39, 0.29) is 0 Å². The molecule has 3 aromatic rings. The summed E-state index contributed by atoms with van der Waals surface area (Å²) in [6, 6.07) is 8.53. The molecule has 0 radical (unpaired) electrons. The number of rotatable bonds is 16. The van der Waals surface area contributed by atoms with E-state index in [1.165, 1.54) is 86.8 Å². The molecular weight excluding hydrogens is 400 g/mol. The van der Waals surface area contributed by atoms with Gasteiger partial charge in [0, 0.05) is 12.4 Å². The van der Waals surface area contributed by atoms with E-state index in [0.717, 1.165) is 30.2 Å². The van der Waals surface area contributed by atoms with Gasteiger partial charge in [-0.2, -0.15) is 0 Å². The molecule has 0 aliphatic carbocycles. The molecule has 3 nitrogen and oxygen atoms in total. The van der Waals surface area contributed by atoms with Crippen molar-refractivity contribution in [3.63, 3.8) is 0 Å². The zero-order valence-corrected chi connectivity index (χ0v) is 20.4. The molecule has 0 spiro atoms. The molecular formula is C27H40N2OS. The molecule has 31 heavy (non-hydrogen) atoms. The van der Waals surface area contributed by atoms with E-state index >= 15 is 0 Å². The first kappa shape index (κ1) is 23.8. The number of imidazole rings is 1. The van der Waals surface area contributed by atoms with Crippen molar-refractivity contribution < 1.29 is 4.74 Å². The number of unbranched alkanes of at least 4 members (excludes halogenated alkanes) is 10. The Bertz CT molecular complexity index is 834. The molecule has 0 aliphatic heterocycles. The fraction of sp³-hybridized carbons (Fsp3) is 0.593. The van der Waals surface area contributed by atoms with E-state index < -0.39 is 0 Å². The highest BCUT2D eigenvalue weighted by Crippen LogP contribution is 2.30. The van der Waals surface area contributed by atoms with Crippen molar-refractivity contribution in [2.75, 3.05) is 6.61 Å². The fourth-order valence-corrected chi connectivity index (χ4v) is 4.96. The van der Waals surface area contributed by atoms with Crippen molar-refractivity contribution in [1.29, 1.82) is 0 Å². The molecule has 0 saturated heterocycles. The number of fused-ring (bicyclic) bond motifs is 1. The second-order valence-electron chi connectivity index (χ2n) is 8.68. The van der Waals surface area contributed by atoms with Crippen molar-refractivity contribution in [1.82, 2.24) is 9.38 Å². The van der Waals surface area contributed by atoms with Crippen molar-refractivity contribution in [3.8, 4) is 16.2 Å². The summed E-state index contributed by atoms with van der Waals surface area (Å²) in [5.41, 5.74) is 2.46. The third-order valence-corrected chi connectivity index (χ3v) is 6.94. The Morgan fingerprint density at radius 2 is 1.42 bits per heavy atom. The lowest BCUT2D eigenvalue weighted by atomic mass is 10.1.